The average Bonchev–Trinajstić information content (AvgIpc) is 2.86. The van der Waals surface area contributed by atoms with E-state index >= 15 is 0 Å². The summed E-state index contributed by atoms with van der Waals surface area (Å²) in [4.78, 5) is 26.6. The molecule has 98 valence electrons. The molecule has 2 unspecified atom stereocenters. The molecule has 1 aromatic rings. The third-order valence-electron chi connectivity index (χ3n) is 3.39. The summed E-state index contributed by atoms with van der Waals surface area (Å²) in [6, 6.07) is 0. The van der Waals surface area contributed by atoms with Crippen molar-refractivity contribution in [2.75, 3.05) is 7.11 Å². The van der Waals surface area contributed by atoms with Crippen LogP contribution in [-0.2, 0) is 9.53 Å². The molecule has 6 heteroatoms. The summed E-state index contributed by atoms with van der Waals surface area (Å²) in [6.07, 6.45) is 4.26. The van der Waals surface area contributed by atoms with Crippen molar-refractivity contribution in [1.29, 1.82) is 0 Å². The van der Waals surface area contributed by atoms with Crippen LogP contribution in [0, 0.1) is 5.92 Å². The van der Waals surface area contributed by atoms with Gasteiger partial charge in [-0.2, -0.15) is 0 Å². The van der Waals surface area contributed by atoms with Gasteiger partial charge in [0.25, 0.3) is 0 Å². The summed E-state index contributed by atoms with van der Waals surface area (Å²) in [5, 5.41) is 9.22. The number of carbonyl (C=O) groups excluding carboxylic acids is 1. The van der Waals surface area contributed by atoms with Gasteiger partial charge in [0.2, 0.25) is 0 Å². The van der Waals surface area contributed by atoms with Gasteiger partial charge in [0.15, 0.2) is 12.1 Å². The van der Waals surface area contributed by atoms with Crippen molar-refractivity contribution in [3.8, 4) is 0 Å². The van der Waals surface area contributed by atoms with Crippen molar-refractivity contribution in [3.63, 3.8) is 0 Å². The van der Waals surface area contributed by atoms with Gasteiger partial charge in [0.1, 0.15) is 5.76 Å². The zero-order valence-corrected chi connectivity index (χ0v) is 10.1. The smallest absolute Gasteiger partial charge is 0.360 e. The number of hydrogen-bond acceptors (Lipinski definition) is 5. The highest BCUT2D eigenvalue weighted by atomic mass is 16.5. The normalized spacial score (nSPS) is 23.6. The molecular weight excluding hydrogens is 238 g/mol. The fourth-order valence-corrected chi connectivity index (χ4v) is 2.51. The SMILES string of the molecule is COC(=O)c1ncoc1C1CCCCC1C(=O)O. The Kier molecular flexibility index (Phi) is 3.64. The molecule has 1 fully saturated rings. The molecule has 1 saturated carbocycles. The number of carbonyl (C=O) groups is 2. The highest BCUT2D eigenvalue weighted by Crippen LogP contribution is 2.39. The molecule has 1 heterocycles. The molecule has 1 aromatic heterocycles. The van der Waals surface area contributed by atoms with Crippen LogP contribution in [0.2, 0.25) is 0 Å². The van der Waals surface area contributed by atoms with Gasteiger partial charge in [-0.3, -0.25) is 4.79 Å². The number of methoxy groups -OCH3 is 1. The Balaban J connectivity index is 2.31. The Morgan fingerprint density at radius 1 is 1.44 bits per heavy atom. The lowest BCUT2D eigenvalue weighted by Gasteiger charge is -2.26. The van der Waals surface area contributed by atoms with E-state index in [1.807, 2.05) is 0 Å². The largest absolute Gasteiger partial charge is 0.481 e. The van der Waals surface area contributed by atoms with Crippen LogP contribution in [0.25, 0.3) is 0 Å². The van der Waals surface area contributed by atoms with Crippen LogP contribution >= 0.6 is 0 Å². The fourth-order valence-electron chi connectivity index (χ4n) is 2.51. The molecule has 6 nitrogen and oxygen atoms in total. The van der Waals surface area contributed by atoms with E-state index in [1.165, 1.54) is 7.11 Å². The second kappa shape index (κ2) is 5.20. The first-order valence-corrected chi connectivity index (χ1v) is 5.89. The molecule has 0 amide bonds. The Morgan fingerprint density at radius 2 is 2.17 bits per heavy atom. The number of hydrogen-bond donors (Lipinski definition) is 1. The molecule has 2 atom stereocenters. The quantitative estimate of drug-likeness (QED) is 0.826. The minimum Gasteiger partial charge on any atom is -0.481 e. The maximum Gasteiger partial charge on any atom is 0.360 e. The molecule has 2 rings (SSSR count). The molecule has 1 aliphatic carbocycles. The zero-order valence-electron chi connectivity index (χ0n) is 10.1. The molecular formula is C12H15NO5. The average molecular weight is 253 g/mol. The fraction of sp³-hybridized carbons (Fsp3) is 0.583. The second-order valence-corrected chi connectivity index (χ2v) is 4.39. The lowest BCUT2D eigenvalue weighted by Crippen LogP contribution is -2.26. The predicted molar refractivity (Wildman–Crippen MR) is 60.2 cm³/mol. The van der Waals surface area contributed by atoms with Crippen molar-refractivity contribution in [3.05, 3.63) is 17.8 Å². The molecule has 0 radical (unpaired) electrons. The van der Waals surface area contributed by atoms with E-state index in [4.69, 9.17) is 4.42 Å². The van der Waals surface area contributed by atoms with E-state index in [2.05, 4.69) is 9.72 Å². The molecule has 0 spiro atoms. The molecule has 18 heavy (non-hydrogen) atoms. The first kappa shape index (κ1) is 12.6. The van der Waals surface area contributed by atoms with Crippen molar-refractivity contribution < 1.29 is 23.8 Å². The Morgan fingerprint density at radius 3 is 2.83 bits per heavy atom. The number of ether oxygens (including phenoxy) is 1. The van der Waals surface area contributed by atoms with E-state index in [0.29, 0.717) is 18.6 Å². The maximum absolute atomic E-state index is 11.5. The first-order valence-electron chi connectivity index (χ1n) is 5.89. The van der Waals surface area contributed by atoms with Gasteiger partial charge in [-0.05, 0) is 12.8 Å². The highest BCUT2D eigenvalue weighted by molar-refractivity contribution is 5.88. The topological polar surface area (TPSA) is 89.6 Å². The van der Waals surface area contributed by atoms with Crippen molar-refractivity contribution in [2.45, 2.75) is 31.6 Å². The third kappa shape index (κ3) is 2.23. The molecule has 0 aliphatic heterocycles. The molecule has 0 saturated heterocycles. The van der Waals surface area contributed by atoms with E-state index in [0.717, 1.165) is 19.2 Å². The predicted octanol–water partition coefficient (Wildman–Crippen LogP) is 1.82. The van der Waals surface area contributed by atoms with Gasteiger partial charge >= 0.3 is 11.9 Å². The van der Waals surface area contributed by atoms with Crippen molar-refractivity contribution in [1.82, 2.24) is 4.98 Å². The Labute approximate surface area is 104 Å². The van der Waals surface area contributed by atoms with Gasteiger partial charge in [-0.25, -0.2) is 9.78 Å². The number of carboxylic acids is 1. The van der Waals surface area contributed by atoms with Crippen LogP contribution < -0.4 is 0 Å². The number of nitrogens with zero attached hydrogens (tertiary/aromatic N) is 1. The number of rotatable bonds is 3. The van der Waals surface area contributed by atoms with Crippen molar-refractivity contribution in [2.24, 2.45) is 5.92 Å². The summed E-state index contributed by atoms with van der Waals surface area (Å²) in [6.45, 7) is 0. The molecule has 0 aromatic carbocycles. The Bertz CT molecular complexity index is 453. The van der Waals surface area contributed by atoms with Crippen LogP contribution in [0.4, 0.5) is 0 Å². The summed E-state index contributed by atoms with van der Waals surface area (Å²) in [5.41, 5.74) is 0.0932. The summed E-state index contributed by atoms with van der Waals surface area (Å²) >= 11 is 0. The second-order valence-electron chi connectivity index (χ2n) is 4.39. The highest BCUT2D eigenvalue weighted by Gasteiger charge is 2.37. The maximum atomic E-state index is 11.5. The lowest BCUT2D eigenvalue weighted by molar-refractivity contribution is -0.143. The molecule has 1 aliphatic rings. The van der Waals surface area contributed by atoms with Crippen LogP contribution in [0.1, 0.15) is 47.8 Å². The molecule has 1 N–H and O–H groups in total. The number of aromatic nitrogens is 1. The van der Waals surface area contributed by atoms with Gasteiger partial charge in [-0.15, -0.1) is 0 Å². The number of aliphatic carboxylic acids is 1. The van der Waals surface area contributed by atoms with Crippen LogP contribution in [0.15, 0.2) is 10.8 Å². The van der Waals surface area contributed by atoms with Gasteiger partial charge in [0, 0.05) is 5.92 Å². The van der Waals surface area contributed by atoms with Gasteiger partial charge < -0.3 is 14.3 Å². The van der Waals surface area contributed by atoms with Crippen molar-refractivity contribution >= 4 is 11.9 Å². The number of oxazole rings is 1. The van der Waals surface area contributed by atoms with E-state index in [-0.39, 0.29) is 11.6 Å². The number of carboxylic acid groups (broad SMARTS) is 1. The van der Waals surface area contributed by atoms with E-state index in [9.17, 15) is 14.7 Å². The Hall–Kier alpha value is -1.85. The lowest BCUT2D eigenvalue weighted by atomic mass is 9.77. The van der Waals surface area contributed by atoms with E-state index < -0.39 is 17.9 Å². The third-order valence-corrected chi connectivity index (χ3v) is 3.39. The number of esters is 1. The summed E-state index contributed by atoms with van der Waals surface area (Å²) in [7, 11) is 1.26. The van der Waals surface area contributed by atoms with Crippen LogP contribution in [0.3, 0.4) is 0 Å². The monoisotopic (exact) mass is 253 g/mol. The van der Waals surface area contributed by atoms with Gasteiger partial charge in [0.05, 0.1) is 13.0 Å². The molecule has 0 bridgehead atoms. The van der Waals surface area contributed by atoms with Gasteiger partial charge in [-0.1, -0.05) is 12.8 Å². The minimum absolute atomic E-state index is 0.0932. The standard InChI is InChI=1S/C12H15NO5/c1-17-12(16)9-10(18-6-13-9)7-4-2-3-5-8(7)11(14)15/h6-8H,2-5H2,1H3,(H,14,15). The van der Waals surface area contributed by atoms with E-state index in [1.54, 1.807) is 0 Å². The summed E-state index contributed by atoms with van der Waals surface area (Å²) in [5.74, 6) is -1.92. The van der Waals surface area contributed by atoms with Crippen LogP contribution in [-0.4, -0.2) is 29.1 Å². The zero-order chi connectivity index (χ0) is 13.1. The minimum atomic E-state index is -0.855. The van der Waals surface area contributed by atoms with Crippen LogP contribution in [0.5, 0.6) is 0 Å². The summed E-state index contributed by atoms with van der Waals surface area (Å²) < 4.78 is 9.85. The first-order chi connectivity index (χ1) is 8.65.